The summed E-state index contributed by atoms with van der Waals surface area (Å²) < 4.78 is 87.1. The second-order valence-corrected chi connectivity index (χ2v) is 18.3. The third kappa shape index (κ3) is 8.62. The summed E-state index contributed by atoms with van der Waals surface area (Å²) in [5.41, 5.74) is -3.13. The molecule has 57 heavy (non-hydrogen) atoms. The zero-order valence-corrected chi connectivity index (χ0v) is 32.7. The summed E-state index contributed by atoms with van der Waals surface area (Å²) in [5, 5.41) is 5.39. The molecule has 2 aliphatic heterocycles. The number of allylic oxidation sites excluding steroid dienone is 1. The van der Waals surface area contributed by atoms with Crippen LogP contribution in [-0.2, 0) is 35.3 Å². The zero-order valence-electron chi connectivity index (χ0n) is 31.9. The van der Waals surface area contributed by atoms with Gasteiger partial charge in [-0.2, -0.15) is 13.2 Å². The Hall–Kier alpha value is -4.68. The number of nitrogens with zero attached hydrogens (tertiary/aromatic N) is 3. The molecule has 15 nitrogen and oxygen atoms in total. The first kappa shape index (κ1) is 40.5. The molecule has 3 N–H and O–H groups in total. The van der Waals surface area contributed by atoms with Gasteiger partial charge in [0.05, 0.1) is 29.4 Å². The van der Waals surface area contributed by atoms with E-state index in [1.165, 1.54) is 32.2 Å². The standard InChI is InChI=1S/C38H47F3N6O9S/c1-21(22-11-12-22)55-35(51)44-27-10-8-6-4-5-7-9-23-19-37(23,34(50)46-57(52,53)36(2)15-16-36)45-31(48)29-18-25(20-47(29)33(27)49)56-32-30(38(39,40)41)42-28-17-24(54-3)13-14-26(28)43-32/h7,9,13-14,17,21-23,25,27,29H,4-6,8,10-12,15-16,18-20H2,1-3H3,(H,44,51)(H,45,48)(H,46,50)/b9-7+/t21-,23+,25+,27-,29-,37+/m0/s1. The Morgan fingerprint density at radius 1 is 1.07 bits per heavy atom. The van der Waals surface area contributed by atoms with Crippen LogP contribution in [0.15, 0.2) is 30.4 Å². The zero-order chi connectivity index (χ0) is 40.9. The van der Waals surface area contributed by atoms with Crippen LogP contribution in [0.25, 0.3) is 11.0 Å². The van der Waals surface area contributed by atoms with Crippen molar-refractivity contribution in [3.8, 4) is 11.6 Å². The van der Waals surface area contributed by atoms with Gasteiger partial charge in [-0.25, -0.2) is 23.2 Å². The number of fused-ring (bicyclic) bond motifs is 3. The van der Waals surface area contributed by atoms with Gasteiger partial charge in [0.1, 0.15) is 35.6 Å². The Bertz CT molecular complexity index is 2080. The van der Waals surface area contributed by atoms with Gasteiger partial charge in [0.15, 0.2) is 0 Å². The molecular weight excluding hydrogens is 774 g/mol. The largest absolute Gasteiger partial charge is 0.497 e. The van der Waals surface area contributed by atoms with E-state index >= 15 is 0 Å². The van der Waals surface area contributed by atoms with Crippen molar-refractivity contribution in [3.05, 3.63) is 36.0 Å². The van der Waals surface area contributed by atoms with Crippen molar-refractivity contribution in [1.29, 1.82) is 0 Å². The number of ether oxygens (including phenoxy) is 3. The van der Waals surface area contributed by atoms with Crippen LogP contribution in [-0.4, -0.2) is 95.3 Å². The highest BCUT2D eigenvalue weighted by Gasteiger charge is 2.63. The van der Waals surface area contributed by atoms with E-state index in [9.17, 15) is 40.8 Å². The van der Waals surface area contributed by atoms with Crippen LogP contribution in [0.1, 0.15) is 90.2 Å². The van der Waals surface area contributed by atoms with E-state index in [0.717, 1.165) is 17.7 Å². The summed E-state index contributed by atoms with van der Waals surface area (Å²) in [6.45, 7) is 2.90. The third-order valence-electron chi connectivity index (χ3n) is 11.7. The SMILES string of the molecule is COc1ccc2nc(O[C@@H]3C[C@H]4C(=O)N[C@]5(C(=O)NS(=O)(=O)C6(C)CC6)C[C@H]5/C=C/CCCCC[C@H](NC(=O)O[C@@H](C)C5CC5)C(=O)N4C3)c(C(F)(F)F)nc2c1. The summed E-state index contributed by atoms with van der Waals surface area (Å²) in [4.78, 5) is 64.8. The molecule has 1 saturated heterocycles. The maximum atomic E-state index is 14.5. The van der Waals surface area contributed by atoms with Crippen LogP contribution in [0.5, 0.6) is 11.6 Å². The number of methoxy groups -OCH3 is 1. The number of amides is 4. The molecule has 3 heterocycles. The molecule has 0 bridgehead atoms. The fourth-order valence-corrected chi connectivity index (χ4v) is 8.84. The normalized spacial score (nSPS) is 28.7. The van der Waals surface area contributed by atoms with Crippen LogP contribution in [0, 0.1) is 11.8 Å². The quantitative estimate of drug-likeness (QED) is 0.306. The Morgan fingerprint density at radius 2 is 1.82 bits per heavy atom. The van der Waals surface area contributed by atoms with E-state index in [1.54, 1.807) is 13.0 Å². The fourth-order valence-electron chi connectivity index (χ4n) is 7.52. The number of halogens is 3. The average Bonchev–Trinajstić information content (AvgIpc) is 4.09. The number of benzene rings is 1. The Kier molecular flexibility index (Phi) is 10.8. The van der Waals surface area contributed by atoms with Crippen molar-refractivity contribution in [1.82, 2.24) is 30.2 Å². The van der Waals surface area contributed by atoms with E-state index in [-0.39, 0.29) is 48.1 Å². The lowest BCUT2D eigenvalue weighted by atomic mass is 10.0. The van der Waals surface area contributed by atoms with Gasteiger partial charge in [-0.05, 0) is 83.3 Å². The first-order valence-electron chi connectivity index (χ1n) is 19.4. The van der Waals surface area contributed by atoms with E-state index < -0.39 is 92.5 Å². The van der Waals surface area contributed by atoms with Gasteiger partial charge in [-0.15, -0.1) is 0 Å². The highest BCUT2D eigenvalue weighted by molar-refractivity contribution is 7.91. The molecule has 1 aromatic carbocycles. The maximum Gasteiger partial charge on any atom is 0.438 e. The van der Waals surface area contributed by atoms with Crippen LogP contribution >= 0.6 is 0 Å². The fraction of sp³-hybridized carbons (Fsp3) is 0.632. The van der Waals surface area contributed by atoms with Crippen molar-refractivity contribution >= 4 is 44.9 Å². The highest BCUT2D eigenvalue weighted by atomic mass is 32.2. The number of alkyl carbamates (subject to hydrolysis) is 1. The van der Waals surface area contributed by atoms with Gasteiger partial charge in [-0.3, -0.25) is 19.1 Å². The number of carbonyl (C=O) groups excluding carboxylic acids is 4. The van der Waals surface area contributed by atoms with Gasteiger partial charge in [-0.1, -0.05) is 25.0 Å². The van der Waals surface area contributed by atoms with Gasteiger partial charge < -0.3 is 29.7 Å². The number of hydrogen-bond acceptors (Lipinski definition) is 11. The van der Waals surface area contributed by atoms with E-state index in [4.69, 9.17) is 14.2 Å². The lowest BCUT2D eigenvalue weighted by Gasteiger charge is -2.30. The molecule has 3 saturated carbocycles. The van der Waals surface area contributed by atoms with Gasteiger partial charge in [0, 0.05) is 18.4 Å². The maximum absolute atomic E-state index is 14.5. The van der Waals surface area contributed by atoms with Crippen LogP contribution in [0.3, 0.4) is 0 Å². The molecule has 5 aliphatic rings. The Balaban J connectivity index is 1.20. The third-order valence-corrected chi connectivity index (χ3v) is 13.9. The molecule has 6 atom stereocenters. The first-order valence-corrected chi connectivity index (χ1v) is 20.8. The van der Waals surface area contributed by atoms with Crippen LogP contribution in [0.2, 0.25) is 0 Å². The van der Waals surface area contributed by atoms with Crippen molar-refractivity contribution in [2.45, 2.75) is 125 Å². The molecule has 3 aliphatic carbocycles. The number of nitrogens with one attached hydrogen (secondary N) is 3. The molecule has 0 unspecified atom stereocenters. The second-order valence-electron chi connectivity index (χ2n) is 16.1. The van der Waals surface area contributed by atoms with Crippen LogP contribution < -0.4 is 24.8 Å². The number of hydrogen-bond donors (Lipinski definition) is 3. The smallest absolute Gasteiger partial charge is 0.438 e. The number of alkyl halides is 3. The minimum Gasteiger partial charge on any atom is -0.497 e. The number of carbonyl (C=O) groups is 4. The highest BCUT2D eigenvalue weighted by Crippen LogP contribution is 2.48. The van der Waals surface area contributed by atoms with E-state index in [1.807, 2.05) is 6.08 Å². The van der Waals surface area contributed by atoms with E-state index in [0.29, 0.717) is 38.5 Å². The van der Waals surface area contributed by atoms with Gasteiger partial charge >= 0.3 is 12.3 Å². The summed E-state index contributed by atoms with van der Waals surface area (Å²) in [6.07, 6.45) is 1.16. The van der Waals surface area contributed by atoms with Crippen molar-refractivity contribution in [2.24, 2.45) is 11.8 Å². The molecular formula is C38H47F3N6O9S. The monoisotopic (exact) mass is 820 g/mol. The predicted octanol–water partition coefficient (Wildman–Crippen LogP) is 4.29. The lowest BCUT2D eigenvalue weighted by molar-refractivity contribution is -0.143. The van der Waals surface area contributed by atoms with Crippen molar-refractivity contribution in [3.63, 3.8) is 0 Å². The molecule has 4 amide bonds. The van der Waals surface area contributed by atoms with Crippen molar-refractivity contribution < 1.29 is 55.0 Å². The summed E-state index contributed by atoms with van der Waals surface area (Å²) in [5.74, 6) is -3.42. The topological polar surface area (TPSA) is 195 Å². The average molecular weight is 821 g/mol. The number of sulfonamides is 1. The molecule has 0 radical (unpaired) electrons. The second kappa shape index (κ2) is 15.2. The first-order chi connectivity index (χ1) is 26.9. The predicted molar refractivity (Wildman–Crippen MR) is 197 cm³/mol. The molecule has 7 rings (SSSR count). The molecule has 310 valence electrons. The molecule has 0 spiro atoms. The van der Waals surface area contributed by atoms with Crippen LogP contribution in [0.4, 0.5) is 18.0 Å². The lowest BCUT2D eigenvalue weighted by Crippen LogP contribution is -2.58. The molecule has 19 heteroatoms. The Morgan fingerprint density at radius 3 is 2.51 bits per heavy atom. The summed E-state index contributed by atoms with van der Waals surface area (Å²) in [7, 11) is -2.73. The summed E-state index contributed by atoms with van der Waals surface area (Å²) in [6, 6.07) is 1.63. The minimum atomic E-state index is -5.01. The number of rotatable bonds is 9. The summed E-state index contributed by atoms with van der Waals surface area (Å²) >= 11 is 0. The number of aromatic nitrogens is 2. The van der Waals surface area contributed by atoms with E-state index in [2.05, 4.69) is 25.3 Å². The van der Waals surface area contributed by atoms with Crippen molar-refractivity contribution in [2.75, 3.05) is 13.7 Å². The van der Waals surface area contributed by atoms with Gasteiger partial charge in [0.2, 0.25) is 33.4 Å². The Labute approximate surface area is 327 Å². The molecule has 2 aromatic rings. The minimum absolute atomic E-state index is 0.0689. The molecule has 4 fully saturated rings. The van der Waals surface area contributed by atoms with Gasteiger partial charge in [0.25, 0.3) is 5.91 Å². The molecule has 1 aromatic heterocycles.